The van der Waals surface area contributed by atoms with E-state index in [0.29, 0.717) is 5.75 Å². The lowest BCUT2D eigenvalue weighted by atomic mass is 10.2. The molecule has 0 bridgehead atoms. The van der Waals surface area contributed by atoms with Crippen molar-refractivity contribution >= 4 is 33.8 Å². The molecule has 2 amide bonds. The third-order valence-electron chi connectivity index (χ3n) is 3.01. The fourth-order valence-electron chi connectivity index (χ4n) is 1.80. The minimum atomic E-state index is -0.752. The van der Waals surface area contributed by atoms with E-state index in [0.717, 1.165) is 10.0 Å². The first-order chi connectivity index (χ1) is 11.5. The van der Waals surface area contributed by atoms with Gasteiger partial charge in [-0.05, 0) is 36.8 Å². The van der Waals surface area contributed by atoms with E-state index in [-0.39, 0.29) is 0 Å². The number of hydrazine groups is 1. The molecule has 124 valence electrons. The predicted octanol–water partition coefficient (Wildman–Crippen LogP) is 3.08. The SMILES string of the molecule is C[C@@H](Oc1cccc(Br)c1)C(=O)NNC(=O)/C=C/c1ccccc1. The second kappa shape index (κ2) is 8.88. The van der Waals surface area contributed by atoms with Gasteiger partial charge in [-0.1, -0.05) is 52.3 Å². The summed E-state index contributed by atoms with van der Waals surface area (Å²) in [4.78, 5) is 23.6. The number of hydrogen-bond donors (Lipinski definition) is 2. The Hall–Kier alpha value is -2.60. The molecule has 0 radical (unpaired) electrons. The minimum absolute atomic E-state index is 0.429. The fourth-order valence-corrected chi connectivity index (χ4v) is 2.18. The van der Waals surface area contributed by atoms with Crippen molar-refractivity contribution in [2.75, 3.05) is 0 Å². The molecule has 0 aromatic heterocycles. The number of carbonyl (C=O) groups is 2. The highest BCUT2D eigenvalue weighted by Crippen LogP contribution is 2.18. The zero-order valence-electron chi connectivity index (χ0n) is 13.0. The first-order valence-corrected chi connectivity index (χ1v) is 8.09. The van der Waals surface area contributed by atoms with Gasteiger partial charge in [0.1, 0.15) is 5.75 Å². The normalized spacial score (nSPS) is 11.8. The average Bonchev–Trinajstić information content (AvgIpc) is 2.58. The van der Waals surface area contributed by atoms with E-state index in [1.807, 2.05) is 36.4 Å². The second-order valence-electron chi connectivity index (χ2n) is 4.94. The molecule has 0 heterocycles. The van der Waals surface area contributed by atoms with E-state index in [9.17, 15) is 9.59 Å². The molecule has 24 heavy (non-hydrogen) atoms. The summed E-state index contributed by atoms with van der Waals surface area (Å²) in [6, 6.07) is 16.6. The molecule has 5 nitrogen and oxygen atoms in total. The molecule has 2 N–H and O–H groups in total. The Kier molecular flexibility index (Phi) is 6.57. The van der Waals surface area contributed by atoms with Crippen molar-refractivity contribution in [1.29, 1.82) is 0 Å². The summed E-state index contributed by atoms with van der Waals surface area (Å²) in [6.07, 6.45) is 2.25. The summed E-state index contributed by atoms with van der Waals surface area (Å²) in [7, 11) is 0. The quantitative estimate of drug-likeness (QED) is 0.610. The van der Waals surface area contributed by atoms with Crippen molar-refractivity contribution < 1.29 is 14.3 Å². The van der Waals surface area contributed by atoms with Gasteiger partial charge in [0, 0.05) is 10.5 Å². The molecule has 2 aromatic carbocycles. The van der Waals surface area contributed by atoms with Crippen molar-refractivity contribution in [3.05, 3.63) is 70.7 Å². The summed E-state index contributed by atoms with van der Waals surface area (Å²) < 4.78 is 6.36. The van der Waals surface area contributed by atoms with Gasteiger partial charge in [0.05, 0.1) is 0 Å². The molecule has 1 atom stereocenters. The maximum atomic E-state index is 11.9. The lowest BCUT2D eigenvalue weighted by Gasteiger charge is -2.14. The number of halogens is 1. The minimum Gasteiger partial charge on any atom is -0.481 e. The molecule has 2 rings (SSSR count). The zero-order chi connectivity index (χ0) is 17.4. The molecular weight excluding hydrogens is 372 g/mol. The van der Waals surface area contributed by atoms with Gasteiger partial charge >= 0.3 is 0 Å². The largest absolute Gasteiger partial charge is 0.481 e. The van der Waals surface area contributed by atoms with Crippen LogP contribution in [-0.4, -0.2) is 17.9 Å². The Morgan fingerprint density at radius 3 is 2.54 bits per heavy atom. The van der Waals surface area contributed by atoms with Gasteiger partial charge in [-0.2, -0.15) is 0 Å². The van der Waals surface area contributed by atoms with E-state index in [2.05, 4.69) is 26.8 Å². The topological polar surface area (TPSA) is 67.4 Å². The predicted molar refractivity (Wildman–Crippen MR) is 96.0 cm³/mol. The number of nitrogens with one attached hydrogen (secondary N) is 2. The molecule has 0 aliphatic heterocycles. The van der Waals surface area contributed by atoms with Crippen molar-refractivity contribution in [2.45, 2.75) is 13.0 Å². The molecule has 0 unspecified atom stereocenters. The van der Waals surface area contributed by atoms with E-state index in [1.165, 1.54) is 6.08 Å². The third kappa shape index (κ3) is 5.89. The first kappa shape index (κ1) is 17.7. The monoisotopic (exact) mass is 388 g/mol. The molecular formula is C18H17BrN2O3. The Morgan fingerprint density at radius 2 is 1.83 bits per heavy atom. The first-order valence-electron chi connectivity index (χ1n) is 7.30. The molecule has 0 aliphatic rings. The Labute approximate surface area is 148 Å². The van der Waals surface area contributed by atoms with Crippen LogP contribution in [-0.2, 0) is 9.59 Å². The molecule has 0 fully saturated rings. The van der Waals surface area contributed by atoms with Crippen LogP contribution in [0.25, 0.3) is 6.08 Å². The van der Waals surface area contributed by atoms with Crippen LogP contribution >= 0.6 is 15.9 Å². The van der Waals surface area contributed by atoms with Gasteiger partial charge in [0.15, 0.2) is 6.10 Å². The van der Waals surface area contributed by atoms with Crippen LogP contribution in [0.3, 0.4) is 0 Å². The van der Waals surface area contributed by atoms with Crippen LogP contribution in [0.5, 0.6) is 5.75 Å². The maximum Gasteiger partial charge on any atom is 0.279 e. The highest BCUT2D eigenvalue weighted by Gasteiger charge is 2.14. The Balaban J connectivity index is 1.79. The van der Waals surface area contributed by atoms with E-state index in [4.69, 9.17) is 4.74 Å². The number of benzene rings is 2. The molecule has 0 saturated heterocycles. The van der Waals surface area contributed by atoms with Gasteiger partial charge in [0.2, 0.25) is 0 Å². The van der Waals surface area contributed by atoms with Gasteiger partial charge in [0.25, 0.3) is 11.8 Å². The fraction of sp³-hybridized carbons (Fsp3) is 0.111. The summed E-state index contributed by atoms with van der Waals surface area (Å²) in [5.74, 6) is -0.319. The van der Waals surface area contributed by atoms with Crippen LogP contribution < -0.4 is 15.6 Å². The molecule has 6 heteroatoms. The number of ether oxygens (including phenoxy) is 1. The molecule has 0 spiro atoms. The summed E-state index contributed by atoms with van der Waals surface area (Å²) >= 11 is 3.33. The maximum absolute atomic E-state index is 11.9. The van der Waals surface area contributed by atoms with Gasteiger partial charge in [-0.25, -0.2) is 0 Å². The van der Waals surface area contributed by atoms with E-state index < -0.39 is 17.9 Å². The summed E-state index contributed by atoms with van der Waals surface area (Å²) in [5, 5.41) is 0. The number of amides is 2. The number of carbonyl (C=O) groups excluding carboxylic acids is 2. The molecule has 2 aromatic rings. The van der Waals surface area contributed by atoms with Crippen LogP contribution in [0, 0.1) is 0 Å². The second-order valence-corrected chi connectivity index (χ2v) is 5.86. The highest BCUT2D eigenvalue weighted by atomic mass is 79.9. The lowest BCUT2D eigenvalue weighted by molar-refractivity contribution is -0.131. The van der Waals surface area contributed by atoms with Gasteiger partial charge in [-0.15, -0.1) is 0 Å². The summed E-state index contributed by atoms with van der Waals surface area (Å²) in [5.41, 5.74) is 5.54. The Bertz CT molecular complexity index is 732. The highest BCUT2D eigenvalue weighted by molar-refractivity contribution is 9.10. The van der Waals surface area contributed by atoms with Crippen LogP contribution in [0.4, 0.5) is 0 Å². The zero-order valence-corrected chi connectivity index (χ0v) is 14.6. The number of hydrogen-bond acceptors (Lipinski definition) is 3. The molecule has 0 aliphatic carbocycles. The van der Waals surface area contributed by atoms with Crippen molar-refractivity contribution in [2.24, 2.45) is 0 Å². The average molecular weight is 389 g/mol. The van der Waals surface area contributed by atoms with E-state index >= 15 is 0 Å². The Morgan fingerprint density at radius 1 is 1.08 bits per heavy atom. The van der Waals surface area contributed by atoms with Crippen LogP contribution in [0.2, 0.25) is 0 Å². The van der Waals surface area contributed by atoms with Crippen molar-refractivity contribution in [3.8, 4) is 5.75 Å². The number of rotatable bonds is 5. The van der Waals surface area contributed by atoms with Crippen LogP contribution in [0.15, 0.2) is 65.1 Å². The van der Waals surface area contributed by atoms with Crippen molar-refractivity contribution in [3.63, 3.8) is 0 Å². The van der Waals surface area contributed by atoms with Crippen molar-refractivity contribution in [1.82, 2.24) is 10.9 Å². The smallest absolute Gasteiger partial charge is 0.279 e. The van der Waals surface area contributed by atoms with Crippen LogP contribution in [0.1, 0.15) is 12.5 Å². The third-order valence-corrected chi connectivity index (χ3v) is 3.51. The molecule has 0 saturated carbocycles. The standard InChI is InChI=1S/C18H17BrN2O3/c1-13(24-16-9-5-8-15(19)12-16)18(23)21-20-17(22)11-10-14-6-3-2-4-7-14/h2-13H,1H3,(H,20,22)(H,21,23)/b11-10+/t13-/m1/s1. The lowest BCUT2D eigenvalue weighted by Crippen LogP contribution is -2.46. The summed E-state index contributed by atoms with van der Waals surface area (Å²) in [6.45, 7) is 1.60. The van der Waals surface area contributed by atoms with Gasteiger partial charge in [-0.3, -0.25) is 20.4 Å². The van der Waals surface area contributed by atoms with Gasteiger partial charge < -0.3 is 4.74 Å². The van der Waals surface area contributed by atoms with E-state index in [1.54, 1.807) is 31.2 Å².